The molecule has 0 unspecified atom stereocenters. The Kier molecular flexibility index (Phi) is 3.59. The van der Waals surface area contributed by atoms with E-state index in [2.05, 4.69) is 16.7 Å². The first-order valence-electron chi connectivity index (χ1n) is 6.58. The van der Waals surface area contributed by atoms with E-state index in [0.717, 1.165) is 22.5 Å². The number of hydrogen-bond donors (Lipinski definition) is 1. The monoisotopic (exact) mass is 333 g/mol. The Morgan fingerprint density at radius 2 is 1.95 bits per heavy atom. The topological polar surface area (TPSA) is 50.4 Å². The zero-order valence-corrected chi connectivity index (χ0v) is 13.6. The van der Waals surface area contributed by atoms with Crippen LogP contribution in [0.15, 0.2) is 31.0 Å². The van der Waals surface area contributed by atoms with Crippen molar-refractivity contribution in [3.8, 4) is 11.1 Å². The summed E-state index contributed by atoms with van der Waals surface area (Å²) in [7, 11) is 0. The van der Waals surface area contributed by atoms with Crippen molar-refractivity contribution in [1.82, 2.24) is 14.6 Å². The zero-order chi connectivity index (χ0) is 16.0. The molecular weight excluding hydrogens is 321 g/mol. The molecule has 0 saturated heterocycles. The normalized spacial score (nSPS) is 11.1. The van der Waals surface area contributed by atoms with E-state index >= 15 is 0 Å². The highest BCUT2D eigenvalue weighted by Gasteiger charge is 2.17. The van der Waals surface area contributed by atoms with Gasteiger partial charge >= 0.3 is 0 Å². The maximum absolute atomic E-state index is 9.62. The Morgan fingerprint density at radius 3 is 2.59 bits per heavy atom. The van der Waals surface area contributed by atoms with Crippen LogP contribution in [0.5, 0.6) is 0 Å². The average Bonchev–Trinajstić information content (AvgIpc) is 2.79. The number of hydrogen-bond acceptors (Lipinski definition) is 3. The summed E-state index contributed by atoms with van der Waals surface area (Å²) in [6, 6.07) is 5.43. The first kappa shape index (κ1) is 14.9. The Bertz CT molecular complexity index is 915. The van der Waals surface area contributed by atoms with Gasteiger partial charge in [0.1, 0.15) is 5.76 Å². The molecule has 0 radical (unpaired) electrons. The molecule has 0 amide bonds. The number of fused-ring (bicyclic) bond motifs is 1. The molecule has 0 saturated carbocycles. The highest BCUT2D eigenvalue weighted by molar-refractivity contribution is 6.42. The highest BCUT2D eigenvalue weighted by atomic mass is 35.5. The van der Waals surface area contributed by atoms with Crippen molar-refractivity contribution in [2.24, 2.45) is 0 Å². The third kappa shape index (κ3) is 2.25. The molecule has 0 bridgehead atoms. The van der Waals surface area contributed by atoms with E-state index in [-0.39, 0.29) is 5.76 Å². The van der Waals surface area contributed by atoms with E-state index in [1.54, 1.807) is 22.8 Å². The van der Waals surface area contributed by atoms with Gasteiger partial charge in [-0.05, 0) is 31.5 Å². The van der Waals surface area contributed by atoms with Crippen molar-refractivity contribution in [2.75, 3.05) is 0 Å². The van der Waals surface area contributed by atoms with Crippen LogP contribution in [-0.2, 0) is 0 Å². The molecule has 2 heterocycles. The summed E-state index contributed by atoms with van der Waals surface area (Å²) in [6.45, 7) is 7.30. The molecule has 3 rings (SSSR count). The second kappa shape index (κ2) is 5.30. The highest BCUT2D eigenvalue weighted by Crippen LogP contribution is 2.33. The van der Waals surface area contributed by atoms with Crippen LogP contribution in [0.25, 0.3) is 22.5 Å². The van der Waals surface area contributed by atoms with Gasteiger partial charge in [-0.15, -0.1) is 0 Å². The quantitative estimate of drug-likeness (QED) is 0.682. The molecule has 3 aromatic rings. The Labute approximate surface area is 137 Å². The molecule has 0 aliphatic carbocycles. The van der Waals surface area contributed by atoms with Crippen LogP contribution >= 0.6 is 23.2 Å². The van der Waals surface area contributed by atoms with E-state index in [9.17, 15) is 5.11 Å². The second-order valence-electron chi connectivity index (χ2n) is 5.03. The van der Waals surface area contributed by atoms with Crippen LogP contribution in [-0.4, -0.2) is 19.7 Å². The number of aliphatic hydroxyl groups excluding tert-OH is 1. The third-order valence-electron chi connectivity index (χ3n) is 3.58. The molecule has 0 aliphatic heterocycles. The standard InChI is InChI=1S/C16H13Cl2N3O/c1-8-15(11-4-5-13(17)14(18)6-11)16-19-7-12(10(3)22)9(2)21(16)20-8/h4-7,22H,3H2,1-2H3. The molecule has 1 N–H and O–H groups in total. The molecule has 1 aromatic carbocycles. The first-order chi connectivity index (χ1) is 10.4. The van der Waals surface area contributed by atoms with Gasteiger partial charge in [0.15, 0.2) is 5.65 Å². The van der Waals surface area contributed by atoms with Gasteiger partial charge in [-0.1, -0.05) is 35.8 Å². The Hall–Kier alpha value is -2.04. The van der Waals surface area contributed by atoms with Gasteiger partial charge in [-0.25, -0.2) is 9.50 Å². The summed E-state index contributed by atoms with van der Waals surface area (Å²) in [5, 5.41) is 15.1. The van der Waals surface area contributed by atoms with E-state index in [1.165, 1.54) is 0 Å². The van der Waals surface area contributed by atoms with Crippen LogP contribution in [0.1, 0.15) is 17.0 Å². The smallest absolute Gasteiger partial charge is 0.163 e. The maximum Gasteiger partial charge on any atom is 0.163 e. The van der Waals surface area contributed by atoms with Crippen molar-refractivity contribution >= 4 is 34.6 Å². The lowest BCUT2D eigenvalue weighted by Crippen LogP contribution is -2.01. The number of aromatic nitrogens is 3. The number of halogens is 2. The predicted octanol–water partition coefficient (Wildman–Crippen LogP) is 4.85. The molecule has 2 aromatic heterocycles. The molecule has 6 heteroatoms. The summed E-state index contributed by atoms with van der Waals surface area (Å²) in [6.07, 6.45) is 1.59. The van der Waals surface area contributed by atoms with Gasteiger partial charge in [-0.2, -0.15) is 5.10 Å². The minimum Gasteiger partial charge on any atom is -0.508 e. The number of nitrogens with zero attached hydrogens (tertiary/aromatic N) is 3. The minimum atomic E-state index is -0.0314. The van der Waals surface area contributed by atoms with Crippen molar-refractivity contribution in [3.05, 3.63) is 58.0 Å². The van der Waals surface area contributed by atoms with Crippen LogP contribution in [0.3, 0.4) is 0 Å². The van der Waals surface area contributed by atoms with Gasteiger partial charge < -0.3 is 5.11 Å². The summed E-state index contributed by atoms with van der Waals surface area (Å²) in [5.41, 5.74) is 4.62. The Balaban J connectivity index is 2.31. The number of aliphatic hydroxyl groups is 1. The lowest BCUT2D eigenvalue weighted by atomic mass is 10.1. The average molecular weight is 334 g/mol. The van der Waals surface area contributed by atoms with E-state index in [0.29, 0.717) is 21.3 Å². The van der Waals surface area contributed by atoms with Crippen LogP contribution in [0.2, 0.25) is 10.0 Å². The fourth-order valence-electron chi connectivity index (χ4n) is 2.47. The van der Waals surface area contributed by atoms with Crippen molar-refractivity contribution in [1.29, 1.82) is 0 Å². The fourth-order valence-corrected chi connectivity index (χ4v) is 2.77. The summed E-state index contributed by atoms with van der Waals surface area (Å²) < 4.78 is 1.70. The van der Waals surface area contributed by atoms with Crippen LogP contribution in [0.4, 0.5) is 0 Å². The largest absolute Gasteiger partial charge is 0.508 e. The van der Waals surface area contributed by atoms with Gasteiger partial charge in [0.25, 0.3) is 0 Å². The molecule has 0 fully saturated rings. The Morgan fingerprint density at radius 1 is 1.23 bits per heavy atom. The number of aryl methyl sites for hydroxylation is 2. The van der Waals surface area contributed by atoms with Crippen molar-refractivity contribution < 1.29 is 5.11 Å². The van der Waals surface area contributed by atoms with Gasteiger partial charge in [-0.3, -0.25) is 0 Å². The summed E-state index contributed by atoms with van der Waals surface area (Å²) in [5.74, 6) is -0.0314. The molecule has 0 aliphatic rings. The maximum atomic E-state index is 9.62. The molecule has 0 atom stereocenters. The van der Waals surface area contributed by atoms with Crippen molar-refractivity contribution in [2.45, 2.75) is 13.8 Å². The molecule has 4 nitrogen and oxygen atoms in total. The summed E-state index contributed by atoms with van der Waals surface area (Å²) >= 11 is 12.1. The van der Waals surface area contributed by atoms with E-state index in [1.807, 2.05) is 19.9 Å². The van der Waals surface area contributed by atoms with E-state index < -0.39 is 0 Å². The van der Waals surface area contributed by atoms with Crippen LogP contribution < -0.4 is 0 Å². The predicted molar refractivity (Wildman–Crippen MR) is 89.6 cm³/mol. The minimum absolute atomic E-state index is 0.0314. The number of benzene rings is 1. The van der Waals surface area contributed by atoms with Gasteiger partial charge in [0.2, 0.25) is 0 Å². The lowest BCUT2D eigenvalue weighted by Gasteiger charge is -2.06. The van der Waals surface area contributed by atoms with Crippen LogP contribution in [0, 0.1) is 13.8 Å². The van der Waals surface area contributed by atoms with Gasteiger partial charge in [0, 0.05) is 11.8 Å². The zero-order valence-electron chi connectivity index (χ0n) is 12.1. The fraction of sp³-hybridized carbons (Fsp3) is 0.125. The lowest BCUT2D eigenvalue weighted by molar-refractivity contribution is 0.512. The molecular formula is C16H13Cl2N3O. The van der Waals surface area contributed by atoms with E-state index in [4.69, 9.17) is 23.2 Å². The van der Waals surface area contributed by atoms with Crippen molar-refractivity contribution in [3.63, 3.8) is 0 Å². The van der Waals surface area contributed by atoms with Gasteiger partial charge in [0.05, 0.1) is 27.0 Å². The molecule has 22 heavy (non-hydrogen) atoms. The second-order valence-corrected chi connectivity index (χ2v) is 5.84. The third-order valence-corrected chi connectivity index (χ3v) is 4.32. The SMILES string of the molecule is C=C(O)c1cnc2c(-c3ccc(Cl)c(Cl)c3)c(C)nn2c1C. The summed E-state index contributed by atoms with van der Waals surface area (Å²) in [4.78, 5) is 4.42. The molecule has 112 valence electrons. The molecule has 0 spiro atoms. The first-order valence-corrected chi connectivity index (χ1v) is 7.34. The number of rotatable bonds is 2.